The van der Waals surface area contributed by atoms with Crippen LogP contribution in [-0.4, -0.2) is 6.54 Å². The van der Waals surface area contributed by atoms with Crippen molar-refractivity contribution in [1.82, 2.24) is 0 Å². The van der Waals surface area contributed by atoms with Crippen molar-refractivity contribution in [3.8, 4) is 17.6 Å². The van der Waals surface area contributed by atoms with E-state index in [0.717, 1.165) is 11.1 Å². The lowest BCUT2D eigenvalue weighted by molar-refractivity contribution is 0.306. The summed E-state index contributed by atoms with van der Waals surface area (Å²) >= 11 is 5.93. The van der Waals surface area contributed by atoms with Crippen LogP contribution >= 0.6 is 11.6 Å². The minimum atomic E-state index is -0.360. The maximum absolute atomic E-state index is 12.9. The van der Waals surface area contributed by atoms with Gasteiger partial charge in [0.15, 0.2) is 0 Å². The average Bonchev–Trinajstić information content (AvgIpc) is 2.45. The van der Waals surface area contributed by atoms with E-state index in [9.17, 15) is 4.39 Å². The molecule has 2 nitrogen and oxygen atoms in total. The van der Waals surface area contributed by atoms with Crippen LogP contribution in [0, 0.1) is 17.7 Å². The summed E-state index contributed by atoms with van der Waals surface area (Å²) in [5.41, 5.74) is 6.92. The Morgan fingerprint density at radius 1 is 1.15 bits per heavy atom. The van der Waals surface area contributed by atoms with Crippen molar-refractivity contribution in [2.45, 2.75) is 6.61 Å². The van der Waals surface area contributed by atoms with Gasteiger partial charge in [-0.2, -0.15) is 0 Å². The third-order valence-electron chi connectivity index (χ3n) is 2.60. The first-order valence-electron chi connectivity index (χ1n) is 6.05. The van der Waals surface area contributed by atoms with Crippen LogP contribution in [0.15, 0.2) is 42.5 Å². The highest BCUT2D eigenvalue weighted by molar-refractivity contribution is 6.31. The van der Waals surface area contributed by atoms with Gasteiger partial charge in [0.1, 0.15) is 18.2 Å². The Balaban J connectivity index is 2.00. The Labute approximate surface area is 122 Å². The summed E-state index contributed by atoms with van der Waals surface area (Å²) in [6, 6.07) is 11.6. The molecular formula is C16H13ClFNO. The second-order valence-electron chi connectivity index (χ2n) is 4.05. The minimum Gasteiger partial charge on any atom is -0.489 e. The quantitative estimate of drug-likeness (QED) is 0.879. The van der Waals surface area contributed by atoms with E-state index in [1.807, 2.05) is 24.3 Å². The molecule has 0 saturated carbocycles. The molecule has 4 heteroatoms. The van der Waals surface area contributed by atoms with Gasteiger partial charge in [-0.25, -0.2) is 4.39 Å². The molecule has 0 bridgehead atoms. The zero-order chi connectivity index (χ0) is 14.4. The maximum atomic E-state index is 12.9. The summed E-state index contributed by atoms with van der Waals surface area (Å²) in [4.78, 5) is 0. The number of nitrogens with two attached hydrogens (primary N) is 1. The standard InChI is InChI=1S/C16H13ClFNO/c17-16-10-14(18)6-5-13(16)11-20-15-7-3-12(4-8-15)2-1-9-19/h3-8,10H,9,11,19H2. The smallest absolute Gasteiger partial charge is 0.124 e. The lowest BCUT2D eigenvalue weighted by Gasteiger charge is -2.08. The van der Waals surface area contributed by atoms with Gasteiger partial charge in [-0.3, -0.25) is 0 Å². The summed E-state index contributed by atoms with van der Waals surface area (Å²) in [5, 5.41) is 0.357. The molecule has 0 aromatic heterocycles. The molecule has 20 heavy (non-hydrogen) atoms. The molecule has 2 N–H and O–H groups in total. The predicted molar refractivity (Wildman–Crippen MR) is 78.1 cm³/mol. The molecule has 2 aromatic rings. The normalized spacial score (nSPS) is 9.75. The highest BCUT2D eigenvalue weighted by atomic mass is 35.5. The number of halogens is 2. The zero-order valence-electron chi connectivity index (χ0n) is 10.7. The fourth-order valence-electron chi connectivity index (χ4n) is 1.59. The minimum absolute atomic E-state index is 0.285. The molecule has 0 radical (unpaired) electrons. The molecule has 0 aliphatic rings. The third-order valence-corrected chi connectivity index (χ3v) is 2.95. The van der Waals surface area contributed by atoms with E-state index < -0.39 is 0 Å². The van der Waals surface area contributed by atoms with Crippen LogP contribution in [0.5, 0.6) is 5.75 Å². The van der Waals surface area contributed by atoms with Crippen molar-refractivity contribution in [2.24, 2.45) is 5.73 Å². The Morgan fingerprint density at radius 2 is 1.90 bits per heavy atom. The van der Waals surface area contributed by atoms with Gasteiger partial charge in [-0.15, -0.1) is 0 Å². The molecular weight excluding hydrogens is 277 g/mol. The van der Waals surface area contributed by atoms with E-state index in [1.165, 1.54) is 12.1 Å². The van der Waals surface area contributed by atoms with Crippen molar-refractivity contribution in [3.05, 3.63) is 64.4 Å². The molecule has 0 unspecified atom stereocenters. The third kappa shape index (κ3) is 3.99. The lowest BCUT2D eigenvalue weighted by Crippen LogP contribution is -1.97. The van der Waals surface area contributed by atoms with Gasteiger partial charge in [0.05, 0.1) is 11.6 Å². The maximum Gasteiger partial charge on any atom is 0.124 e. The fraction of sp³-hybridized carbons (Fsp3) is 0.125. The molecule has 0 fully saturated rings. The monoisotopic (exact) mass is 289 g/mol. The summed E-state index contributed by atoms with van der Waals surface area (Å²) < 4.78 is 18.5. The van der Waals surface area contributed by atoms with Crippen molar-refractivity contribution < 1.29 is 9.13 Å². The van der Waals surface area contributed by atoms with Gasteiger partial charge in [0.2, 0.25) is 0 Å². The van der Waals surface area contributed by atoms with Crippen molar-refractivity contribution in [3.63, 3.8) is 0 Å². The number of benzene rings is 2. The molecule has 0 saturated heterocycles. The molecule has 0 aliphatic carbocycles. The van der Waals surface area contributed by atoms with Crippen LogP contribution in [-0.2, 0) is 6.61 Å². The van der Waals surface area contributed by atoms with E-state index in [0.29, 0.717) is 17.3 Å². The fourth-order valence-corrected chi connectivity index (χ4v) is 1.81. The predicted octanol–water partition coefficient (Wildman–Crippen LogP) is 3.37. The average molecular weight is 290 g/mol. The highest BCUT2D eigenvalue weighted by Gasteiger charge is 2.03. The van der Waals surface area contributed by atoms with Gasteiger partial charge < -0.3 is 10.5 Å². The SMILES string of the molecule is NCC#Cc1ccc(OCc2ccc(F)cc2Cl)cc1. The molecule has 0 spiro atoms. The Hall–Kier alpha value is -2.02. The van der Waals surface area contributed by atoms with Crippen LogP contribution in [0.3, 0.4) is 0 Å². The first-order chi connectivity index (χ1) is 9.69. The Kier molecular flexibility index (Phi) is 5.00. The number of hydrogen-bond donors (Lipinski definition) is 1. The van der Waals surface area contributed by atoms with Crippen LogP contribution < -0.4 is 10.5 Å². The molecule has 2 rings (SSSR count). The van der Waals surface area contributed by atoms with Crippen molar-refractivity contribution in [1.29, 1.82) is 0 Å². The molecule has 0 amide bonds. The summed E-state index contributed by atoms with van der Waals surface area (Å²) in [6.45, 7) is 0.619. The Morgan fingerprint density at radius 3 is 2.55 bits per heavy atom. The molecule has 0 aliphatic heterocycles. The lowest BCUT2D eigenvalue weighted by atomic mass is 10.2. The van der Waals surface area contributed by atoms with Crippen molar-refractivity contribution >= 4 is 11.6 Å². The van der Waals surface area contributed by atoms with Gasteiger partial charge in [0.25, 0.3) is 0 Å². The van der Waals surface area contributed by atoms with E-state index in [-0.39, 0.29) is 12.4 Å². The molecule has 0 atom stereocenters. The van der Waals surface area contributed by atoms with Crippen LogP contribution in [0.1, 0.15) is 11.1 Å². The number of hydrogen-bond acceptors (Lipinski definition) is 2. The van der Waals surface area contributed by atoms with E-state index in [2.05, 4.69) is 11.8 Å². The molecule has 2 aromatic carbocycles. The largest absolute Gasteiger partial charge is 0.489 e. The first kappa shape index (κ1) is 14.4. The summed E-state index contributed by atoms with van der Waals surface area (Å²) in [6.07, 6.45) is 0. The van der Waals surface area contributed by atoms with Gasteiger partial charge in [0, 0.05) is 11.1 Å². The number of rotatable bonds is 3. The van der Waals surface area contributed by atoms with Crippen LogP contribution in [0.25, 0.3) is 0 Å². The first-order valence-corrected chi connectivity index (χ1v) is 6.42. The van der Waals surface area contributed by atoms with Crippen LogP contribution in [0.4, 0.5) is 4.39 Å². The van der Waals surface area contributed by atoms with Crippen molar-refractivity contribution in [2.75, 3.05) is 6.54 Å². The Bertz CT molecular complexity index is 644. The summed E-state index contributed by atoms with van der Waals surface area (Å²) in [7, 11) is 0. The van der Waals surface area contributed by atoms with Gasteiger partial charge >= 0.3 is 0 Å². The zero-order valence-corrected chi connectivity index (χ0v) is 11.5. The number of ether oxygens (including phenoxy) is 1. The van der Waals surface area contributed by atoms with Gasteiger partial charge in [-0.05, 0) is 36.4 Å². The van der Waals surface area contributed by atoms with Gasteiger partial charge in [-0.1, -0.05) is 29.5 Å². The highest BCUT2D eigenvalue weighted by Crippen LogP contribution is 2.20. The second kappa shape index (κ2) is 6.95. The second-order valence-corrected chi connectivity index (χ2v) is 4.46. The van der Waals surface area contributed by atoms with E-state index >= 15 is 0 Å². The van der Waals surface area contributed by atoms with E-state index in [1.54, 1.807) is 6.07 Å². The van der Waals surface area contributed by atoms with Crippen LogP contribution in [0.2, 0.25) is 5.02 Å². The van der Waals surface area contributed by atoms with E-state index in [4.69, 9.17) is 22.1 Å². The summed E-state index contributed by atoms with van der Waals surface area (Å²) in [5.74, 6) is 6.04. The molecule has 0 heterocycles. The topological polar surface area (TPSA) is 35.2 Å². The molecule has 102 valence electrons.